The van der Waals surface area contributed by atoms with Gasteiger partial charge in [-0.1, -0.05) is 45.0 Å². The van der Waals surface area contributed by atoms with Crippen LogP contribution in [0.15, 0.2) is 29.4 Å². The molecule has 4 nitrogen and oxygen atoms in total. The van der Waals surface area contributed by atoms with Crippen molar-refractivity contribution in [2.45, 2.75) is 26.2 Å². The topological polar surface area (TPSA) is 76.4 Å². The van der Waals surface area contributed by atoms with Crippen LogP contribution in [0.5, 0.6) is 0 Å². The first-order chi connectivity index (χ1) is 6.95. The van der Waals surface area contributed by atoms with Gasteiger partial charge in [-0.2, -0.15) is 0 Å². The van der Waals surface area contributed by atoms with Crippen molar-refractivity contribution in [1.29, 1.82) is 0 Å². The average Bonchev–Trinajstić information content (AvgIpc) is 2.17. The molecule has 0 aliphatic rings. The Hall–Kier alpha value is -1.55. The second-order valence-corrected chi connectivity index (χ2v) is 4.45. The second-order valence-electron chi connectivity index (χ2n) is 4.45. The summed E-state index contributed by atoms with van der Waals surface area (Å²) in [6.45, 7) is 6.50. The van der Waals surface area contributed by atoms with Crippen LogP contribution in [0.2, 0.25) is 0 Å². The van der Waals surface area contributed by atoms with Gasteiger partial charge < -0.3 is 5.73 Å². The van der Waals surface area contributed by atoms with E-state index in [0.717, 1.165) is 5.56 Å². The number of amidine groups is 1. The van der Waals surface area contributed by atoms with E-state index in [1.807, 2.05) is 24.3 Å². The molecular weight excluding hydrogens is 188 g/mol. The van der Waals surface area contributed by atoms with Crippen molar-refractivity contribution in [3.63, 3.8) is 0 Å². The highest BCUT2D eigenvalue weighted by Crippen LogP contribution is 2.21. The van der Waals surface area contributed by atoms with Gasteiger partial charge in [0.2, 0.25) is 0 Å². The summed E-state index contributed by atoms with van der Waals surface area (Å²) in [7, 11) is 0. The van der Waals surface area contributed by atoms with Crippen LogP contribution in [-0.2, 0) is 5.41 Å². The molecule has 4 heteroatoms. The van der Waals surface area contributed by atoms with Crippen molar-refractivity contribution in [3.8, 4) is 0 Å². The summed E-state index contributed by atoms with van der Waals surface area (Å²) in [6.07, 6.45) is 0. The van der Waals surface area contributed by atoms with Crippen molar-refractivity contribution in [3.05, 3.63) is 35.4 Å². The molecule has 0 atom stereocenters. The zero-order chi connectivity index (χ0) is 11.5. The zero-order valence-electron chi connectivity index (χ0n) is 9.41. The van der Waals surface area contributed by atoms with Gasteiger partial charge >= 0.3 is 0 Å². The van der Waals surface area contributed by atoms with Crippen molar-refractivity contribution in [2.75, 3.05) is 0 Å². The Bertz CT molecular complexity index is 346. The van der Waals surface area contributed by atoms with Crippen LogP contribution in [0.3, 0.4) is 0 Å². The Morgan fingerprint density at radius 1 is 1.20 bits per heavy atom. The standard InChI is InChI=1S/C11H18N4/c1-11(2,3)9-6-4-8(5-7-9)10(12)14-15-13/h4-7,15H,13H2,1-3H3,(H2,12,14). The quantitative estimate of drug-likeness (QED) is 0.293. The second kappa shape index (κ2) is 4.31. The third-order valence-electron chi connectivity index (χ3n) is 2.23. The molecule has 0 spiro atoms. The van der Waals surface area contributed by atoms with Crippen LogP contribution < -0.4 is 17.1 Å². The molecule has 0 saturated heterocycles. The van der Waals surface area contributed by atoms with Gasteiger partial charge in [-0.3, -0.25) is 0 Å². The molecule has 0 amide bonds. The number of hydrazine groups is 1. The normalized spacial score (nSPS) is 12.7. The van der Waals surface area contributed by atoms with Gasteiger partial charge in [0.25, 0.3) is 0 Å². The molecule has 0 fully saturated rings. The summed E-state index contributed by atoms with van der Waals surface area (Å²) >= 11 is 0. The summed E-state index contributed by atoms with van der Waals surface area (Å²) in [5, 5.41) is 3.71. The number of rotatable bonds is 2. The molecule has 0 aliphatic heterocycles. The lowest BCUT2D eigenvalue weighted by Gasteiger charge is -2.19. The minimum atomic E-state index is 0.149. The number of nitrogens with two attached hydrogens (primary N) is 2. The molecule has 0 bridgehead atoms. The van der Waals surface area contributed by atoms with E-state index in [4.69, 9.17) is 11.6 Å². The molecule has 0 unspecified atom stereocenters. The van der Waals surface area contributed by atoms with E-state index >= 15 is 0 Å². The van der Waals surface area contributed by atoms with Gasteiger partial charge in [-0.15, -0.1) is 5.10 Å². The summed E-state index contributed by atoms with van der Waals surface area (Å²) in [5.74, 6) is 5.44. The summed E-state index contributed by atoms with van der Waals surface area (Å²) in [4.78, 5) is 0. The first-order valence-electron chi connectivity index (χ1n) is 4.85. The molecule has 0 radical (unpaired) electrons. The third kappa shape index (κ3) is 2.95. The van der Waals surface area contributed by atoms with E-state index in [9.17, 15) is 0 Å². The van der Waals surface area contributed by atoms with Crippen molar-refractivity contribution in [1.82, 2.24) is 5.53 Å². The Morgan fingerprint density at radius 2 is 1.73 bits per heavy atom. The Kier molecular flexibility index (Phi) is 3.31. The molecule has 15 heavy (non-hydrogen) atoms. The van der Waals surface area contributed by atoms with Gasteiger partial charge in [0, 0.05) is 5.56 Å². The molecule has 1 rings (SSSR count). The highest BCUT2D eigenvalue weighted by atomic mass is 15.5. The van der Waals surface area contributed by atoms with Crippen LogP contribution in [0.4, 0.5) is 0 Å². The number of nitrogens with one attached hydrogen (secondary N) is 1. The Morgan fingerprint density at radius 3 is 2.13 bits per heavy atom. The molecular formula is C11H18N4. The third-order valence-corrected chi connectivity index (χ3v) is 2.23. The largest absolute Gasteiger partial charge is 0.382 e. The lowest BCUT2D eigenvalue weighted by molar-refractivity contribution is 0.590. The maximum Gasteiger partial charge on any atom is 0.152 e. The summed E-state index contributed by atoms with van der Waals surface area (Å²) in [5.41, 5.74) is 10.1. The Labute approximate surface area is 90.3 Å². The first kappa shape index (κ1) is 11.5. The molecule has 5 N–H and O–H groups in total. The van der Waals surface area contributed by atoms with Crippen LogP contribution in [0.1, 0.15) is 31.9 Å². The van der Waals surface area contributed by atoms with Gasteiger partial charge in [0.05, 0.1) is 0 Å². The molecule has 1 aromatic carbocycles. The maximum atomic E-state index is 5.67. The minimum absolute atomic E-state index is 0.149. The van der Waals surface area contributed by atoms with Gasteiger partial charge in [-0.25, -0.2) is 11.4 Å². The molecule has 82 valence electrons. The lowest BCUT2D eigenvalue weighted by Crippen LogP contribution is -2.23. The predicted molar refractivity (Wildman–Crippen MR) is 63.2 cm³/mol. The fourth-order valence-electron chi connectivity index (χ4n) is 1.28. The van der Waals surface area contributed by atoms with E-state index in [1.54, 1.807) is 0 Å². The van der Waals surface area contributed by atoms with E-state index in [-0.39, 0.29) is 5.41 Å². The van der Waals surface area contributed by atoms with Gasteiger partial charge in [-0.05, 0) is 11.0 Å². The van der Waals surface area contributed by atoms with E-state index in [2.05, 4.69) is 31.4 Å². The van der Waals surface area contributed by atoms with Crippen molar-refractivity contribution in [2.24, 2.45) is 16.7 Å². The number of hydrazone groups is 1. The van der Waals surface area contributed by atoms with E-state index < -0.39 is 0 Å². The number of nitrogens with zero attached hydrogens (tertiary/aromatic N) is 1. The molecule has 0 aromatic heterocycles. The number of hydrogen-bond acceptors (Lipinski definition) is 3. The molecule has 0 heterocycles. The van der Waals surface area contributed by atoms with E-state index in [1.165, 1.54) is 5.56 Å². The van der Waals surface area contributed by atoms with E-state index in [0.29, 0.717) is 5.84 Å². The molecule has 0 saturated carbocycles. The zero-order valence-corrected chi connectivity index (χ0v) is 9.41. The highest BCUT2D eigenvalue weighted by molar-refractivity contribution is 5.97. The number of hydrogen-bond donors (Lipinski definition) is 3. The van der Waals surface area contributed by atoms with Gasteiger partial charge in [0.1, 0.15) is 0 Å². The van der Waals surface area contributed by atoms with Crippen LogP contribution in [-0.4, -0.2) is 5.84 Å². The molecule has 1 aromatic rings. The predicted octanol–water partition coefficient (Wildman–Crippen LogP) is 1.07. The fraction of sp³-hybridized carbons (Fsp3) is 0.364. The summed E-state index contributed by atoms with van der Waals surface area (Å²) < 4.78 is 0. The van der Waals surface area contributed by atoms with Crippen LogP contribution in [0.25, 0.3) is 0 Å². The monoisotopic (exact) mass is 206 g/mol. The minimum Gasteiger partial charge on any atom is -0.382 e. The van der Waals surface area contributed by atoms with Crippen LogP contribution >= 0.6 is 0 Å². The van der Waals surface area contributed by atoms with Crippen molar-refractivity contribution < 1.29 is 0 Å². The van der Waals surface area contributed by atoms with Crippen LogP contribution in [0, 0.1) is 0 Å². The summed E-state index contributed by atoms with van der Waals surface area (Å²) in [6, 6.07) is 7.98. The highest BCUT2D eigenvalue weighted by Gasteiger charge is 2.13. The fourth-order valence-corrected chi connectivity index (χ4v) is 1.28. The van der Waals surface area contributed by atoms with Gasteiger partial charge in [0.15, 0.2) is 5.84 Å². The Balaban J connectivity index is 2.96. The maximum absolute atomic E-state index is 5.67. The first-order valence-corrected chi connectivity index (χ1v) is 4.85. The smallest absolute Gasteiger partial charge is 0.152 e. The lowest BCUT2D eigenvalue weighted by atomic mass is 9.87. The SMILES string of the molecule is CC(C)(C)c1ccc(/C(N)=N/NN)cc1. The van der Waals surface area contributed by atoms with Crippen molar-refractivity contribution >= 4 is 5.84 Å². The molecule has 0 aliphatic carbocycles. The number of benzene rings is 1. The average molecular weight is 206 g/mol.